The third-order valence-electron chi connectivity index (χ3n) is 5.28. The smallest absolute Gasteiger partial charge is 0.275 e. The maximum absolute atomic E-state index is 13.5. The summed E-state index contributed by atoms with van der Waals surface area (Å²) in [6.45, 7) is 3.41. The van der Waals surface area contributed by atoms with Gasteiger partial charge in [0.2, 0.25) is 5.95 Å². The number of hydrogen-bond donors (Lipinski definition) is 1. The first-order valence-electron chi connectivity index (χ1n) is 9.87. The molecule has 1 aliphatic heterocycles. The van der Waals surface area contributed by atoms with E-state index in [1.54, 1.807) is 29.1 Å². The largest absolute Gasteiger partial charge is 0.324 e. The van der Waals surface area contributed by atoms with Gasteiger partial charge < -0.3 is 5.32 Å². The molecule has 0 unspecified atom stereocenters. The second kappa shape index (κ2) is 7.26. The summed E-state index contributed by atoms with van der Waals surface area (Å²) in [6.07, 6.45) is 2.57. The Morgan fingerprint density at radius 1 is 1.03 bits per heavy atom. The van der Waals surface area contributed by atoms with Gasteiger partial charge in [0.25, 0.3) is 5.56 Å². The first-order valence-corrected chi connectivity index (χ1v) is 9.87. The van der Waals surface area contributed by atoms with Crippen molar-refractivity contribution in [3.63, 3.8) is 0 Å². The van der Waals surface area contributed by atoms with Gasteiger partial charge in [-0.25, -0.2) is 19.0 Å². The average Bonchev–Trinajstić information content (AvgIpc) is 3.31. The summed E-state index contributed by atoms with van der Waals surface area (Å²) in [7, 11) is 0. The highest BCUT2D eigenvalue weighted by Gasteiger charge is 2.26. The Bertz CT molecular complexity index is 1290. The van der Waals surface area contributed by atoms with Crippen molar-refractivity contribution >= 4 is 11.6 Å². The minimum atomic E-state index is -0.334. The number of halogens is 1. The highest BCUT2D eigenvalue weighted by atomic mass is 19.1. The van der Waals surface area contributed by atoms with Crippen molar-refractivity contribution in [1.29, 1.82) is 0 Å². The normalized spacial score (nSPS) is 12.7. The molecule has 0 spiro atoms. The fourth-order valence-corrected chi connectivity index (χ4v) is 3.95. The Hall–Kier alpha value is -3.74. The summed E-state index contributed by atoms with van der Waals surface area (Å²) in [5.41, 5.74) is 4.54. The molecule has 7 heteroatoms. The molecule has 0 saturated heterocycles. The number of aryl methyl sites for hydroxylation is 1. The molecule has 0 atom stereocenters. The molecule has 6 nitrogen and oxygen atoms in total. The molecule has 0 aliphatic carbocycles. The van der Waals surface area contributed by atoms with Crippen LogP contribution in [-0.2, 0) is 13.1 Å². The standard InChI is InChI=1S/C23H20FN5O/c1-15-4-2-5-18(14-15)26-23-25-11-10-19(27-23)21-20(16-6-8-17(24)9-7-16)22(30)29-13-3-12-28(21)29/h2,4-11,14H,3,12-13H2,1H3,(H,25,26,27). The van der Waals surface area contributed by atoms with Gasteiger partial charge in [-0.1, -0.05) is 24.3 Å². The monoisotopic (exact) mass is 401 g/mol. The minimum Gasteiger partial charge on any atom is -0.324 e. The fourth-order valence-electron chi connectivity index (χ4n) is 3.95. The van der Waals surface area contributed by atoms with E-state index in [0.29, 0.717) is 29.3 Å². The third kappa shape index (κ3) is 3.18. The Labute approximate surface area is 172 Å². The number of nitrogens with zero attached hydrogens (tertiary/aromatic N) is 4. The van der Waals surface area contributed by atoms with Crippen LogP contribution in [0.1, 0.15) is 12.0 Å². The van der Waals surface area contributed by atoms with E-state index >= 15 is 0 Å². The van der Waals surface area contributed by atoms with Crippen molar-refractivity contribution in [3.8, 4) is 22.5 Å². The van der Waals surface area contributed by atoms with Crippen molar-refractivity contribution < 1.29 is 4.39 Å². The lowest BCUT2D eigenvalue weighted by molar-refractivity contribution is 0.599. The summed E-state index contributed by atoms with van der Waals surface area (Å²) in [5.74, 6) is 0.119. The van der Waals surface area contributed by atoms with Crippen LogP contribution in [0.4, 0.5) is 16.0 Å². The molecular weight excluding hydrogens is 381 g/mol. The molecular formula is C23H20FN5O. The molecule has 1 aliphatic rings. The quantitative estimate of drug-likeness (QED) is 0.552. The highest BCUT2D eigenvalue weighted by Crippen LogP contribution is 2.32. The van der Waals surface area contributed by atoms with Gasteiger partial charge in [-0.3, -0.25) is 9.48 Å². The van der Waals surface area contributed by atoms with Crippen molar-refractivity contribution in [3.05, 3.63) is 82.5 Å². The SMILES string of the molecule is Cc1cccc(Nc2nccc(-c3c(-c4ccc(F)cc4)c(=O)n4n3CCC4)n2)c1. The van der Waals surface area contributed by atoms with E-state index in [-0.39, 0.29) is 11.4 Å². The zero-order valence-electron chi connectivity index (χ0n) is 16.5. The average molecular weight is 401 g/mol. The number of aromatic nitrogens is 4. The number of benzene rings is 2. The molecule has 30 heavy (non-hydrogen) atoms. The van der Waals surface area contributed by atoms with Gasteiger partial charge in [-0.05, 0) is 54.8 Å². The van der Waals surface area contributed by atoms with Gasteiger partial charge in [-0.15, -0.1) is 0 Å². The summed E-state index contributed by atoms with van der Waals surface area (Å²) in [4.78, 5) is 22.2. The minimum absolute atomic E-state index is 0.0825. The number of nitrogens with one attached hydrogen (secondary N) is 1. The van der Waals surface area contributed by atoms with Gasteiger partial charge in [-0.2, -0.15) is 0 Å². The first kappa shape index (κ1) is 18.3. The summed E-state index contributed by atoms with van der Waals surface area (Å²) in [6, 6.07) is 15.8. The Morgan fingerprint density at radius 2 is 1.83 bits per heavy atom. The van der Waals surface area contributed by atoms with Gasteiger partial charge in [0.15, 0.2) is 0 Å². The predicted octanol–water partition coefficient (Wildman–Crippen LogP) is 4.37. The predicted molar refractivity (Wildman–Crippen MR) is 114 cm³/mol. The van der Waals surface area contributed by atoms with Gasteiger partial charge >= 0.3 is 0 Å². The molecule has 0 bridgehead atoms. The van der Waals surface area contributed by atoms with Crippen molar-refractivity contribution in [2.24, 2.45) is 0 Å². The van der Waals surface area contributed by atoms with Gasteiger partial charge in [0.1, 0.15) is 5.82 Å². The van der Waals surface area contributed by atoms with E-state index in [1.165, 1.54) is 12.1 Å². The lowest BCUT2D eigenvalue weighted by atomic mass is 10.0. The van der Waals surface area contributed by atoms with Crippen molar-refractivity contribution in [1.82, 2.24) is 19.3 Å². The Morgan fingerprint density at radius 3 is 2.63 bits per heavy atom. The van der Waals surface area contributed by atoms with E-state index in [4.69, 9.17) is 4.98 Å². The van der Waals surface area contributed by atoms with E-state index in [2.05, 4.69) is 10.3 Å². The van der Waals surface area contributed by atoms with E-state index in [1.807, 2.05) is 35.9 Å². The number of rotatable bonds is 4. The maximum Gasteiger partial charge on any atom is 0.275 e. The van der Waals surface area contributed by atoms with Crippen LogP contribution in [0.15, 0.2) is 65.6 Å². The van der Waals surface area contributed by atoms with Crippen LogP contribution in [0.5, 0.6) is 0 Å². The van der Waals surface area contributed by atoms with Crippen LogP contribution in [0, 0.1) is 12.7 Å². The van der Waals surface area contributed by atoms with Crippen molar-refractivity contribution in [2.75, 3.05) is 5.32 Å². The topological polar surface area (TPSA) is 64.7 Å². The lowest BCUT2D eigenvalue weighted by Crippen LogP contribution is -2.17. The number of fused-ring (bicyclic) bond motifs is 1. The second-order valence-corrected chi connectivity index (χ2v) is 7.40. The molecule has 0 amide bonds. The molecule has 0 radical (unpaired) electrons. The van der Waals surface area contributed by atoms with Crippen LogP contribution in [0.25, 0.3) is 22.5 Å². The van der Waals surface area contributed by atoms with Crippen LogP contribution >= 0.6 is 0 Å². The molecule has 0 saturated carbocycles. The van der Waals surface area contributed by atoms with Crippen LogP contribution in [0.2, 0.25) is 0 Å². The number of hydrogen-bond acceptors (Lipinski definition) is 4. The Kier molecular flexibility index (Phi) is 4.43. The lowest BCUT2D eigenvalue weighted by Gasteiger charge is -2.10. The molecule has 150 valence electrons. The zero-order valence-corrected chi connectivity index (χ0v) is 16.5. The Balaban J connectivity index is 1.63. The summed E-state index contributed by atoms with van der Waals surface area (Å²) in [5, 5.41) is 3.23. The third-order valence-corrected chi connectivity index (χ3v) is 5.28. The van der Waals surface area contributed by atoms with Gasteiger partial charge in [0, 0.05) is 25.0 Å². The van der Waals surface area contributed by atoms with Gasteiger partial charge in [0.05, 0.1) is 17.0 Å². The zero-order chi connectivity index (χ0) is 20.7. The fraction of sp³-hybridized carbons (Fsp3) is 0.174. The van der Waals surface area contributed by atoms with E-state index < -0.39 is 0 Å². The molecule has 4 aromatic rings. The summed E-state index contributed by atoms with van der Waals surface area (Å²) < 4.78 is 17.2. The van der Waals surface area contributed by atoms with Crippen LogP contribution in [0.3, 0.4) is 0 Å². The van der Waals surface area contributed by atoms with Crippen LogP contribution in [-0.4, -0.2) is 19.3 Å². The summed E-state index contributed by atoms with van der Waals surface area (Å²) >= 11 is 0. The maximum atomic E-state index is 13.5. The molecule has 0 fully saturated rings. The molecule has 5 rings (SSSR count). The van der Waals surface area contributed by atoms with E-state index in [0.717, 1.165) is 29.9 Å². The molecule has 1 N–H and O–H groups in total. The second-order valence-electron chi connectivity index (χ2n) is 7.40. The molecule has 2 aromatic heterocycles. The van der Waals surface area contributed by atoms with E-state index in [9.17, 15) is 9.18 Å². The molecule has 3 heterocycles. The molecule has 2 aromatic carbocycles. The first-order chi connectivity index (χ1) is 14.6. The highest BCUT2D eigenvalue weighted by molar-refractivity contribution is 5.79. The van der Waals surface area contributed by atoms with Crippen molar-refractivity contribution in [2.45, 2.75) is 26.4 Å². The van der Waals surface area contributed by atoms with Crippen LogP contribution < -0.4 is 10.9 Å². The number of anilines is 2.